The first-order chi connectivity index (χ1) is 28.2. The van der Waals surface area contributed by atoms with Crippen LogP contribution in [0, 0.1) is 11.8 Å². The van der Waals surface area contributed by atoms with Gasteiger partial charge in [0.1, 0.15) is 24.7 Å². The van der Waals surface area contributed by atoms with Crippen LogP contribution in [-0.2, 0) is 38.8 Å². The van der Waals surface area contributed by atoms with Gasteiger partial charge in [-0.15, -0.1) is 0 Å². The average Bonchev–Trinajstić information content (AvgIpc) is 3.90. The number of benzene rings is 4. The van der Waals surface area contributed by atoms with Crippen molar-refractivity contribution >= 4 is 23.1 Å². The Hall–Kier alpha value is -6.28. The molecule has 0 saturated heterocycles. The van der Waals surface area contributed by atoms with Gasteiger partial charge in [-0.25, -0.2) is 0 Å². The van der Waals surface area contributed by atoms with Crippen molar-refractivity contribution in [2.75, 3.05) is 13.2 Å². The summed E-state index contributed by atoms with van der Waals surface area (Å²) in [5.41, 5.74) is 11.1. The first-order valence-corrected chi connectivity index (χ1v) is 20.5. The monoisotopic (exact) mass is 768 g/mol. The first-order valence-electron chi connectivity index (χ1n) is 20.5. The van der Waals surface area contributed by atoms with Gasteiger partial charge >= 0.3 is 0 Å². The van der Waals surface area contributed by atoms with Gasteiger partial charge in [-0.2, -0.15) is 0 Å². The molecular weight excluding hydrogens is 725 g/mol. The number of aromatic nitrogens is 2. The van der Waals surface area contributed by atoms with Gasteiger partial charge in [-0.05, 0) is 85.0 Å². The molecule has 2 aromatic heterocycles. The number of ketones is 4. The van der Waals surface area contributed by atoms with Crippen LogP contribution in [0.25, 0.3) is 22.5 Å². The SMILES string of the molecule is CC1CC(=O)c2c3c(n(CCc4ccccc4)c2C1)-c1cc(OCCOc2ccc4c(c2)-c2c(c5c(n2CCc2ccccc2)CC(C)CC5=O)C4=O)ccc1C3=O. The van der Waals surface area contributed by atoms with Crippen molar-refractivity contribution in [3.63, 3.8) is 0 Å². The van der Waals surface area contributed by atoms with E-state index in [1.54, 1.807) is 0 Å². The summed E-state index contributed by atoms with van der Waals surface area (Å²) in [7, 11) is 0. The van der Waals surface area contributed by atoms with Gasteiger partial charge in [0, 0.05) is 59.6 Å². The standard InChI is InChI=1S/C50H44N2O6/c1-29-23-39-43(41(53)25-29)45-47(51(39)19-17-31-9-5-3-6-10-31)37-27-33(13-15-35(37)49(45)55)57-21-22-58-34-14-16-36-38(28-34)48-46(50(36)56)44-40(24-30(2)26-42(44)54)52(48)20-18-32-11-7-4-8-12-32/h3-16,27-30H,17-26H2,1-2H3. The summed E-state index contributed by atoms with van der Waals surface area (Å²) in [5.74, 6) is 1.56. The van der Waals surface area contributed by atoms with E-state index in [1.807, 2.05) is 72.8 Å². The van der Waals surface area contributed by atoms with E-state index in [1.165, 1.54) is 11.1 Å². The highest BCUT2D eigenvalue weighted by molar-refractivity contribution is 6.27. The minimum Gasteiger partial charge on any atom is -0.490 e. The second-order valence-corrected chi connectivity index (χ2v) is 16.5. The number of carbonyl (C=O) groups excluding carboxylic acids is 4. The molecule has 8 nitrogen and oxygen atoms in total. The van der Waals surface area contributed by atoms with Gasteiger partial charge in [-0.3, -0.25) is 19.2 Å². The molecule has 0 spiro atoms. The maximum Gasteiger partial charge on any atom is 0.196 e. The highest BCUT2D eigenvalue weighted by Crippen LogP contribution is 2.47. The number of Topliss-reactive ketones (excluding diaryl/α,β-unsaturated/α-hetero) is 2. The quantitative estimate of drug-likeness (QED) is 0.122. The lowest BCUT2D eigenvalue weighted by Crippen LogP contribution is -2.21. The first kappa shape index (κ1) is 36.1. The molecular formula is C50H44N2O6. The van der Waals surface area contributed by atoms with Crippen LogP contribution in [0.5, 0.6) is 11.5 Å². The number of hydrogen-bond acceptors (Lipinski definition) is 6. The summed E-state index contributed by atoms with van der Waals surface area (Å²) in [5, 5.41) is 0. The van der Waals surface area contributed by atoms with Crippen LogP contribution in [0.15, 0.2) is 97.1 Å². The van der Waals surface area contributed by atoms with Gasteiger partial charge in [0.15, 0.2) is 23.1 Å². The smallest absolute Gasteiger partial charge is 0.196 e. The van der Waals surface area contributed by atoms with Gasteiger partial charge in [0.05, 0.1) is 33.6 Å². The Labute approximate surface area is 337 Å². The molecule has 8 heteroatoms. The molecule has 0 N–H and O–H groups in total. The Bertz CT molecular complexity index is 2500. The molecule has 2 atom stereocenters. The lowest BCUT2D eigenvalue weighted by Gasteiger charge is -2.22. The third-order valence-electron chi connectivity index (χ3n) is 12.4. The normalized spacial score (nSPS) is 17.4. The predicted molar refractivity (Wildman–Crippen MR) is 222 cm³/mol. The van der Waals surface area contributed by atoms with Crippen LogP contribution >= 0.6 is 0 Å². The van der Waals surface area contributed by atoms with Crippen molar-refractivity contribution in [1.29, 1.82) is 0 Å². The van der Waals surface area contributed by atoms with E-state index in [9.17, 15) is 19.2 Å². The van der Waals surface area contributed by atoms with Crippen LogP contribution in [0.3, 0.4) is 0 Å². The molecule has 0 amide bonds. The average molecular weight is 769 g/mol. The van der Waals surface area contributed by atoms with Gasteiger partial charge < -0.3 is 18.6 Å². The van der Waals surface area contributed by atoms with E-state index in [4.69, 9.17) is 9.47 Å². The number of carbonyl (C=O) groups is 4. The minimum atomic E-state index is -0.0957. The Balaban J connectivity index is 0.893. The molecule has 58 heavy (non-hydrogen) atoms. The van der Waals surface area contributed by atoms with E-state index >= 15 is 0 Å². The minimum absolute atomic E-state index is 0.0495. The zero-order chi connectivity index (χ0) is 39.7. The molecule has 0 saturated carbocycles. The largest absolute Gasteiger partial charge is 0.490 e. The zero-order valence-electron chi connectivity index (χ0n) is 32.8. The molecule has 4 aromatic carbocycles. The number of rotatable bonds is 11. The van der Waals surface area contributed by atoms with E-state index in [-0.39, 0.29) is 48.2 Å². The van der Waals surface area contributed by atoms with Crippen molar-refractivity contribution in [2.45, 2.75) is 65.5 Å². The van der Waals surface area contributed by atoms with Crippen LogP contribution in [-0.4, -0.2) is 45.5 Å². The Kier molecular flexibility index (Phi) is 8.88. The molecule has 4 aliphatic carbocycles. The molecule has 2 heterocycles. The Morgan fingerprint density at radius 3 is 1.33 bits per heavy atom. The maximum absolute atomic E-state index is 13.9. The number of aryl methyl sites for hydroxylation is 2. The molecule has 0 bridgehead atoms. The summed E-state index contributed by atoms with van der Waals surface area (Å²) in [6.07, 6.45) is 3.98. The Morgan fingerprint density at radius 1 is 0.500 bits per heavy atom. The third-order valence-corrected chi connectivity index (χ3v) is 12.4. The van der Waals surface area contributed by atoms with Crippen LogP contribution in [0.4, 0.5) is 0 Å². The highest BCUT2D eigenvalue weighted by Gasteiger charge is 2.42. The fraction of sp³-hybridized carbons (Fsp3) is 0.280. The van der Waals surface area contributed by atoms with Crippen molar-refractivity contribution < 1.29 is 28.7 Å². The van der Waals surface area contributed by atoms with Crippen molar-refractivity contribution in [3.05, 3.63) is 153 Å². The predicted octanol–water partition coefficient (Wildman–Crippen LogP) is 9.19. The Morgan fingerprint density at radius 2 is 0.914 bits per heavy atom. The van der Waals surface area contributed by atoms with E-state index < -0.39 is 0 Å². The van der Waals surface area contributed by atoms with Crippen molar-refractivity contribution in [2.24, 2.45) is 11.8 Å². The topological polar surface area (TPSA) is 96.6 Å². The molecule has 0 radical (unpaired) electrons. The third kappa shape index (κ3) is 5.96. The molecule has 290 valence electrons. The second kappa shape index (κ2) is 14.3. The maximum atomic E-state index is 13.9. The van der Waals surface area contributed by atoms with Gasteiger partial charge in [0.2, 0.25) is 0 Å². The summed E-state index contributed by atoms with van der Waals surface area (Å²) in [4.78, 5) is 54.8. The molecule has 4 aliphatic rings. The molecule has 2 unspecified atom stereocenters. The van der Waals surface area contributed by atoms with Crippen LogP contribution in [0.2, 0.25) is 0 Å². The van der Waals surface area contributed by atoms with Crippen LogP contribution in [0.1, 0.15) is 102 Å². The summed E-state index contributed by atoms with van der Waals surface area (Å²) in [6.45, 7) is 6.02. The lowest BCUT2D eigenvalue weighted by molar-refractivity contribution is 0.0937. The fourth-order valence-electron chi connectivity index (χ4n) is 9.87. The molecule has 0 aliphatic heterocycles. The summed E-state index contributed by atoms with van der Waals surface area (Å²) >= 11 is 0. The zero-order valence-corrected chi connectivity index (χ0v) is 32.8. The van der Waals surface area contributed by atoms with E-state index in [2.05, 4.69) is 47.2 Å². The molecule has 6 aromatic rings. The van der Waals surface area contributed by atoms with Gasteiger partial charge in [0.25, 0.3) is 0 Å². The fourth-order valence-corrected chi connectivity index (χ4v) is 9.87. The van der Waals surface area contributed by atoms with Gasteiger partial charge in [-0.1, -0.05) is 74.5 Å². The molecule has 10 rings (SSSR count). The highest BCUT2D eigenvalue weighted by atomic mass is 16.5. The number of fused-ring (bicyclic) bond motifs is 10. The van der Waals surface area contributed by atoms with E-state index in [0.717, 1.165) is 59.6 Å². The number of nitrogens with zero attached hydrogens (tertiary/aromatic N) is 2. The summed E-state index contributed by atoms with van der Waals surface area (Å²) in [6, 6.07) is 31.7. The number of hydrogen-bond donors (Lipinski definition) is 0. The second-order valence-electron chi connectivity index (χ2n) is 16.5. The van der Waals surface area contributed by atoms with Crippen molar-refractivity contribution in [3.8, 4) is 34.0 Å². The van der Waals surface area contributed by atoms with E-state index in [0.29, 0.717) is 70.8 Å². The van der Waals surface area contributed by atoms with Crippen LogP contribution < -0.4 is 9.47 Å². The molecule has 0 fully saturated rings. The summed E-state index contributed by atoms with van der Waals surface area (Å²) < 4.78 is 16.9. The lowest BCUT2D eigenvalue weighted by atomic mass is 9.86. The van der Waals surface area contributed by atoms with Crippen molar-refractivity contribution in [1.82, 2.24) is 9.13 Å². The number of ether oxygens (including phenoxy) is 2.